The number of nitrogens with one attached hydrogen (secondary N) is 1. The molecule has 0 unspecified atom stereocenters. The number of amides is 1. The van der Waals surface area contributed by atoms with E-state index in [0.717, 1.165) is 16.6 Å². The SMILES string of the molecule is CC1(C)OB(C(=Cc2ccncc2)CNC(=O)OCc2ccccc2)OC1(C)C. The number of benzene rings is 1. The van der Waals surface area contributed by atoms with Gasteiger partial charge in [-0.2, -0.15) is 0 Å². The monoisotopic (exact) mass is 394 g/mol. The van der Waals surface area contributed by atoms with Gasteiger partial charge in [0.05, 0.1) is 11.2 Å². The van der Waals surface area contributed by atoms with E-state index in [4.69, 9.17) is 14.0 Å². The first-order valence-electron chi connectivity index (χ1n) is 9.67. The Morgan fingerprint density at radius 3 is 2.31 bits per heavy atom. The number of nitrogens with zero attached hydrogens (tertiary/aromatic N) is 1. The van der Waals surface area contributed by atoms with Crippen LogP contribution in [0.5, 0.6) is 0 Å². The van der Waals surface area contributed by atoms with Crippen molar-refractivity contribution in [3.05, 3.63) is 71.5 Å². The average Bonchev–Trinajstić information content (AvgIpc) is 2.92. The van der Waals surface area contributed by atoms with Gasteiger partial charge in [-0.25, -0.2) is 4.79 Å². The third-order valence-corrected chi connectivity index (χ3v) is 5.26. The molecule has 2 heterocycles. The Morgan fingerprint density at radius 1 is 1.07 bits per heavy atom. The lowest BCUT2D eigenvalue weighted by Gasteiger charge is -2.32. The van der Waals surface area contributed by atoms with E-state index in [1.807, 2.05) is 76.2 Å². The van der Waals surface area contributed by atoms with Crippen molar-refractivity contribution < 1.29 is 18.8 Å². The predicted molar refractivity (Wildman–Crippen MR) is 113 cm³/mol. The van der Waals surface area contributed by atoms with Gasteiger partial charge >= 0.3 is 13.2 Å². The van der Waals surface area contributed by atoms with Crippen LogP contribution in [0.15, 0.2) is 60.3 Å². The second-order valence-electron chi connectivity index (χ2n) is 8.00. The third-order valence-electron chi connectivity index (χ3n) is 5.26. The van der Waals surface area contributed by atoms with Crippen molar-refractivity contribution >= 4 is 19.3 Å². The summed E-state index contributed by atoms with van der Waals surface area (Å²) in [7, 11) is -0.567. The van der Waals surface area contributed by atoms with E-state index in [2.05, 4.69) is 10.3 Å². The average molecular weight is 394 g/mol. The molecule has 1 N–H and O–H groups in total. The Labute approximate surface area is 172 Å². The summed E-state index contributed by atoms with van der Waals surface area (Å²) in [6.45, 7) is 8.45. The number of carbonyl (C=O) groups excluding carboxylic acids is 1. The van der Waals surface area contributed by atoms with Crippen LogP contribution in [-0.4, -0.2) is 35.9 Å². The fourth-order valence-corrected chi connectivity index (χ4v) is 2.82. The zero-order chi connectivity index (χ0) is 20.9. The Kier molecular flexibility index (Phi) is 6.40. The molecule has 1 aliphatic rings. The number of alkyl carbamates (subject to hydrolysis) is 1. The maximum Gasteiger partial charge on any atom is 0.492 e. The Balaban J connectivity index is 1.68. The molecular formula is C22H27BN2O4. The molecule has 1 saturated heterocycles. The number of carbonyl (C=O) groups is 1. The van der Waals surface area contributed by atoms with Crippen molar-refractivity contribution in [2.24, 2.45) is 0 Å². The molecule has 7 heteroatoms. The normalized spacial score (nSPS) is 17.8. The summed E-state index contributed by atoms with van der Waals surface area (Å²) in [5.41, 5.74) is 1.74. The molecule has 6 nitrogen and oxygen atoms in total. The molecule has 1 fully saturated rings. The fourth-order valence-electron chi connectivity index (χ4n) is 2.82. The van der Waals surface area contributed by atoms with Gasteiger partial charge in [0.15, 0.2) is 0 Å². The molecule has 1 aliphatic heterocycles. The van der Waals surface area contributed by atoms with Crippen molar-refractivity contribution in [1.82, 2.24) is 10.3 Å². The fraction of sp³-hybridized carbons (Fsp3) is 0.364. The quantitative estimate of drug-likeness (QED) is 0.750. The zero-order valence-corrected chi connectivity index (χ0v) is 17.3. The minimum Gasteiger partial charge on any atom is -0.445 e. The molecule has 152 valence electrons. The highest BCUT2D eigenvalue weighted by molar-refractivity contribution is 6.56. The van der Waals surface area contributed by atoms with Gasteiger partial charge in [0.2, 0.25) is 0 Å². The number of pyridine rings is 1. The lowest BCUT2D eigenvalue weighted by Crippen LogP contribution is -2.41. The summed E-state index contributed by atoms with van der Waals surface area (Å²) in [6.07, 6.45) is 4.89. The van der Waals surface area contributed by atoms with Crippen molar-refractivity contribution in [2.45, 2.75) is 45.5 Å². The predicted octanol–water partition coefficient (Wildman–Crippen LogP) is 4.02. The summed E-state index contributed by atoms with van der Waals surface area (Å²) >= 11 is 0. The van der Waals surface area contributed by atoms with Crippen LogP contribution in [0, 0.1) is 0 Å². The lowest BCUT2D eigenvalue weighted by molar-refractivity contribution is 0.00578. The highest BCUT2D eigenvalue weighted by Crippen LogP contribution is 2.38. The number of hydrogen-bond acceptors (Lipinski definition) is 5. The van der Waals surface area contributed by atoms with Gasteiger partial charge in [-0.3, -0.25) is 4.98 Å². The van der Waals surface area contributed by atoms with Crippen LogP contribution in [-0.2, 0) is 20.7 Å². The number of rotatable bonds is 6. The molecule has 0 radical (unpaired) electrons. The van der Waals surface area contributed by atoms with Gasteiger partial charge in [-0.1, -0.05) is 36.4 Å². The summed E-state index contributed by atoms with van der Waals surface area (Å²) in [4.78, 5) is 16.2. The van der Waals surface area contributed by atoms with Crippen LogP contribution in [0.25, 0.3) is 6.08 Å². The first kappa shape index (κ1) is 21.1. The lowest BCUT2D eigenvalue weighted by atomic mass is 9.77. The van der Waals surface area contributed by atoms with Crippen LogP contribution in [0.4, 0.5) is 4.79 Å². The van der Waals surface area contributed by atoms with E-state index >= 15 is 0 Å². The third kappa shape index (κ3) is 5.46. The maximum absolute atomic E-state index is 12.2. The van der Waals surface area contributed by atoms with Gasteiger partial charge in [-0.05, 0) is 56.4 Å². The van der Waals surface area contributed by atoms with Crippen LogP contribution in [0.1, 0.15) is 38.8 Å². The van der Waals surface area contributed by atoms with Gasteiger partial charge in [0.1, 0.15) is 6.61 Å². The van der Waals surface area contributed by atoms with E-state index in [9.17, 15) is 4.79 Å². The summed E-state index contributed by atoms with van der Waals surface area (Å²) in [6, 6.07) is 13.3. The summed E-state index contributed by atoms with van der Waals surface area (Å²) in [5.74, 6) is 0. The maximum atomic E-state index is 12.2. The van der Waals surface area contributed by atoms with Crippen LogP contribution in [0.3, 0.4) is 0 Å². The highest BCUT2D eigenvalue weighted by atomic mass is 16.7. The van der Waals surface area contributed by atoms with Crippen LogP contribution >= 0.6 is 0 Å². The van der Waals surface area contributed by atoms with Gasteiger partial charge in [0.25, 0.3) is 0 Å². The molecule has 1 aromatic heterocycles. The van der Waals surface area contributed by atoms with E-state index in [1.54, 1.807) is 12.4 Å². The molecule has 0 atom stereocenters. The Bertz CT molecular complexity index is 838. The van der Waals surface area contributed by atoms with Crippen LogP contribution in [0.2, 0.25) is 0 Å². The molecule has 0 spiro atoms. The molecule has 0 saturated carbocycles. The summed E-state index contributed by atoms with van der Waals surface area (Å²) < 4.78 is 17.6. The van der Waals surface area contributed by atoms with Gasteiger partial charge < -0.3 is 19.4 Å². The van der Waals surface area contributed by atoms with Gasteiger partial charge in [-0.15, -0.1) is 0 Å². The molecule has 1 amide bonds. The van der Waals surface area contributed by atoms with Gasteiger partial charge in [0, 0.05) is 18.9 Å². The van der Waals surface area contributed by atoms with E-state index in [-0.39, 0.29) is 13.2 Å². The molecule has 0 aliphatic carbocycles. The second kappa shape index (κ2) is 8.80. The molecule has 1 aromatic carbocycles. The van der Waals surface area contributed by atoms with Crippen molar-refractivity contribution in [3.8, 4) is 0 Å². The van der Waals surface area contributed by atoms with E-state index in [0.29, 0.717) is 0 Å². The van der Waals surface area contributed by atoms with E-state index < -0.39 is 24.4 Å². The Morgan fingerprint density at radius 2 is 1.69 bits per heavy atom. The number of hydrogen-bond donors (Lipinski definition) is 1. The van der Waals surface area contributed by atoms with Crippen molar-refractivity contribution in [2.75, 3.05) is 6.54 Å². The largest absolute Gasteiger partial charge is 0.492 e. The van der Waals surface area contributed by atoms with Crippen LogP contribution < -0.4 is 5.32 Å². The topological polar surface area (TPSA) is 69.7 Å². The Hall–Kier alpha value is -2.64. The number of aromatic nitrogens is 1. The minimum absolute atomic E-state index is 0.215. The summed E-state index contributed by atoms with van der Waals surface area (Å²) in [5, 5.41) is 2.80. The zero-order valence-electron chi connectivity index (χ0n) is 17.3. The molecule has 3 rings (SSSR count). The minimum atomic E-state index is -0.567. The first-order chi connectivity index (χ1) is 13.8. The highest BCUT2D eigenvalue weighted by Gasteiger charge is 2.52. The first-order valence-corrected chi connectivity index (χ1v) is 9.67. The standard InChI is InChI=1S/C22H27BN2O4/c1-21(2)22(3,4)29-23(28-21)19(14-17-10-12-24-13-11-17)15-25-20(26)27-16-18-8-6-5-7-9-18/h5-14H,15-16H2,1-4H3,(H,25,26). The molecular weight excluding hydrogens is 367 g/mol. The second-order valence-corrected chi connectivity index (χ2v) is 8.00. The molecule has 2 aromatic rings. The molecule has 0 bridgehead atoms. The number of ether oxygens (including phenoxy) is 1. The molecule has 29 heavy (non-hydrogen) atoms. The van der Waals surface area contributed by atoms with Crippen molar-refractivity contribution in [1.29, 1.82) is 0 Å². The van der Waals surface area contributed by atoms with Crippen molar-refractivity contribution in [3.63, 3.8) is 0 Å². The smallest absolute Gasteiger partial charge is 0.445 e. The van der Waals surface area contributed by atoms with E-state index in [1.165, 1.54) is 0 Å².